The number of nitrogens with zero attached hydrogens (tertiary/aromatic N) is 1. The first-order valence-electron chi connectivity index (χ1n) is 5.58. The topological polar surface area (TPSA) is 78.5 Å². The molecule has 2 unspecified atom stereocenters. The molecule has 0 spiro atoms. The van der Waals surface area contributed by atoms with Gasteiger partial charge in [0.25, 0.3) is 0 Å². The van der Waals surface area contributed by atoms with Crippen molar-refractivity contribution in [3.05, 3.63) is 0 Å². The summed E-state index contributed by atoms with van der Waals surface area (Å²) < 4.78 is 0. The number of hydrogen-bond acceptors (Lipinski definition) is 5. The molecular formula is C10H15N3O3S. The van der Waals surface area contributed by atoms with Crippen LogP contribution in [0.1, 0.15) is 13.3 Å². The maximum absolute atomic E-state index is 12.2. The summed E-state index contributed by atoms with van der Waals surface area (Å²) in [5, 5.41) is 5.32. The normalized spacial score (nSPS) is 29.4. The average Bonchev–Trinajstić information content (AvgIpc) is 2.80. The molecule has 0 saturated carbocycles. The molecule has 2 rings (SSSR count). The van der Waals surface area contributed by atoms with Crippen LogP contribution in [0, 0.1) is 0 Å². The highest BCUT2D eigenvalue weighted by molar-refractivity contribution is 7.99. The quantitative estimate of drug-likeness (QED) is 0.615. The summed E-state index contributed by atoms with van der Waals surface area (Å²) in [6, 6.07) is -0.791. The molecule has 6 nitrogen and oxygen atoms in total. The Morgan fingerprint density at radius 2 is 2.29 bits per heavy atom. The lowest BCUT2D eigenvalue weighted by atomic mass is 10.1. The third-order valence-electron chi connectivity index (χ3n) is 2.94. The first-order valence-corrected chi connectivity index (χ1v) is 6.74. The van der Waals surface area contributed by atoms with Crippen molar-refractivity contribution in [3.63, 3.8) is 0 Å². The second kappa shape index (κ2) is 5.05. The largest absolute Gasteiger partial charge is 0.320 e. The van der Waals surface area contributed by atoms with Gasteiger partial charge in [0, 0.05) is 11.6 Å². The van der Waals surface area contributed by atoms with E-state index in [9.17, 15) is 14.4 Å². The van der Waals surface area contributed by atoms with Gasteiger partial charge >= 0.3 is 0 Å². The molecule has 0 radical (unpaired) electrons. The molecule has 17 heavy (non-hydrogen) atoms. The molecule has 2 atom stereocenters. The first kappa shape index (κ1) is 12.4. The van der Waals surface area contributed by atoms with E-state index in [-0.39, 0.29) is 24.4 Å². The van der Waals surface area contributed by atoms with E-state index in [0.29, 0.717) is 12.2 Å². The Bertz CT molecular complexity index is 355. The number of carbonyl (C=O) groups is 3. The minimum absolute atomic E-state index is 0.0219. The number of hydrogen-bond donors (Lipinski definition) is 2. The van der Waals surface area contributed by atoms with Crippen LogP contribution in [-0.4, -0.2) is 52.9 Å². The third-order valence-corrected chi connectivity index (χ3v) is 3.88. The van der Waals surface area contributed by atoms with E-state index in [1.165, 1.54) is 4.90 Å². The van der Waals surface area contributed by atoms with Crippen LogP contribution in [0.5, 0.6) is 0 Å². The summed E-state index contributed by atoms with van der Waals surface area (Å²) in [7, 11) is 0. The molecule has 2 saturated heterocycles. The van der Waals surface area contributed by atoms with Gasteiger partial charge in [-0.2, -0.15) is 0 Å². The van der Waals surface area contributed by atoms with E-state index in [4.69, 9.17) is 0 Å². The van der Waals surface area contributed by atoms with Gasteiger partial charge in [0.1, 0.15) is 12.6 Å². The highest BCUT2D eigenvalue weighted by atomic mass is 32.2. The number of thioether (sulfide) groups is 1. The maximum atomic E-state index is 12.2. The van der Waals surface area contributed by atoms with E-state index < -0.39 is 11.9 Å². The van der Waals surface area contributed by atoms with E-state index in [1.807, 2.05) is 6.92 Å². The van der Waals surface area contributed by atoms with Gasteiger partial charge in [-0.1, -0.05) is 6.92 Å². The lowest BCUT2D eigenvalue weighted by Crippen LogP contribution is -2.62. The Labute approximate surface area is 103 Å². The van der Waals surface area contributed by atoms with Crippen molar-refractivity contribution < 1.29 is 14.4 Å². The molecular weight excluding hydrogens is 242 g/mol. The number of carbonyl (C=O) groups excluding carboxylic acids is 3. The van der Waals surface area contributed by atoms with Crippen LogP contribution in [0.2, 0.25) is 0 Å². The molecule has 2 fully saturated rings. The zero-order valence-corrected chi connectivity index (χ0v) is 10.4. The summed E-state index contributed by atoms with van der Waals surface area (Å²) in [5.74, 6) is 0.509. The van der Waals surface area contributed by atoms with Gasteiger partial charge in [-0.3, -0.25) is 25.0 Å². The number of nitrogens with one attached hydrogen (secondary N) is 2. The molecule has 2 aliphatic rings. The van der Waals surface area contributed by atoms with Gasteiger partial charge in [0.15, 0.2) is 0 Å². The summed E-state index contributed by atoms with van der Waals surface area (Å²) in [4.78, 5) is 36.5. The molecule has 2 heterocycles. The Hall–Kier alpha value is -1.08. The van der Waals surface area contributed by atoms with Crippen LogP contribution in [-0.2, 0) is 14.4 Å². The van der Waals surface area contributed by atoms with Crippen molar-refractivity contribution in [1.82, 2.24) is 15.5 Å². The minimum atomic E-state index is -0.521. The van der Waals surface area contributed by atoms with Crippen molar-refractivity contribution in [3.8, 4) is 0 Å². The molecule has 2 aliphatic heterocycles. The molecule has 0 bridgehead atoms. The predicted molar refractivity (Wildman–Crippen MR) is 63.2 cm³/mol. The van der Waals surface area contributed by atoms with E-state index in [0.717, 1.165) is 5.88 Å². The molecule has 0 aliphatic carbocycles. The summed E-state index contributed by atoms with van der Waals surface area (Å²) >= 11 is 1.64. The molecule has 3 amide bonds. The Kier molecular flexibility index (Phi) is 3.68. The van der Waals surface area contributed by atoms with Crippen molar-refractivity contribution in [2.24, 2.45) is 0 Å². The van der Waals surface area contributed by atoms with Gasteiger partial charge in [-0.05, 0) is 6.42 Å². The fourth-order valence-corrected chi connectivity index (χ4v) is 2.99. The minimum Gasteiger partial charge on any atom is -0.320 e. The van der Waals surface area contributed by atoms with Crippen LogP contribution in [0.15, 0.2) is 0 Å². The molecule has 2 N–H and O–H groups in total. The molecule has 94 valence electrons. The standard InChI is InChI=1S/C10H15N3O3S/c1-2-7-9(15)12-8(14)3-13(7)10(16)6-4-17-5-11-6/h6-7,11H,2-5H2,1H3,(H,12,14,15). The molecule has 7 heteroatoms. The van der Waals surface area contributed by atoms with Gasteiger partial charge in [0.05, 0.1) is 6.04 Å². The zero-order valence-electron chi connectivity index (χ0n) is 9.56. The first-order chi connectivity index (χ1) is 8.13. The van der Waals surface area contributed by atoms with E-state index in [2.05, 4.69) is 10.6 Å². The van der Waals surface area contributed by atoms with Crippen molar-refractivity contribution in [2.75, 3.05) is 18.2 Å². The number of imide groups is 1. The van der Waals surface area contributed by atoms with Gasteiger partial charge in [-0.25, -0.2) is 0 Å². The highest BCUT2D eigenvalue weighted by Crippen LogP contribution is 2.16. The molecule has 0 aromatic rings. The monoisotopic (exact) mass is 257 g/mol. The predicted octanol–water partition coefficient (Wildman–Crippen LogP) is -1.09. The molecule has 0 aromatic carbocycles. The SMILES string of the molecule is CCC1C(=O)NC(=O)CN1C(=O)C1CSCN1. The van der Waals surface area contributed by atoms with Crippen LogP contribution < -0.4 is 10.6 Å². The smallest absolute Gasteiger partial charge is 0.249 e. The van der Waals surface area contributed by atoms with Gasteiger partial charge in [-0.15, -0.1) is 11.8 Å². The van der Waals surface area contributed by atoms with Crippen LogP contribution in [0.4, 0.5) is 0 Å². The third kappa shape index (κ3) is 2.44. The highest BCUT2D eigenvalue weighted by Gasteiger charge is 2.38. The maximum Gasteiger partial charge on any atom is 0.249 e. The van der Waals surface area contributed by atoms with Crippen molar-refractivity contribution in [1.29, 1.82) is 0 Å². The Morgan fingerprint density at radius 3 is 2.88 bits per heavy atom. The summed E-state index contributed by atoms with van der Waals surface area (Å²) in [6.45, 7) is 1.81. The van der Waals surface area contributed by atoms with E-state index in [1.54, 1.807) is 11.8 Å². The fourth-order valence-electron chi connectivity index (χ4n) is 2.06. The number of amides is 3. The van der Waals surface area contributed by atoms with Crippen molar-refractivity contribution in [2.45, 2.75) is 25.4 Å². The summed E-state index contributed by atoms with van der Waals surface area (Å²) in [5.41, 5.74) is 0. The zero-order chi connectivity index (χ0) is 12.4. The van der Waals surface area contributed by atoms with Crippen LogP contribution >= 0.6 is 11.8 Å². The lowest BCUT2D eigenvalue weighted by molar-refractivity contribution is -0.150. The Balaban J connectivity index is 2.12. The number of piperazine rings is 1. The van der Waals surface area contributed by atoms with Crippen molar-refractivity contribution >= 4 is 29.5 Å². The fraction of sp³-hybridized carbons (Fsp3) is 0.700. The second-order valence-electron chi connectivity index (χ2n) is 4.07. The Morgan fingerprint density at radius 1 is 1.53 bits per heavy atom. The second-order valence-corrected chi connectivity index (χ2v) is 5.10. The molecule has 0 aromatic heterocycles. The van der Waals surface area contributed by atoms with E-state index >= 15 is 0 Å². The van der Waals surface area contributed by atoms with Gasteiger partial charge in [0.2, 0.25) is 17.7 Å². The average molecular weight is 257 g/mol. The number of rotatable bonds is 2. The van der Waals surface area contributed by atoms with Crippen LogP contribution in [0.3, 0.4) is 0 Å². The summed E-state index contributed by atoms with van der Waals surface area (Å²) in [6.07, 6.45) is 0.519. The van der Waals surface area contributed by atoms with Crippen LogP contribution in [0.25, 0.3) is 0 Å². The lowest BCUT2D eigenvalue weighted by Gasteiger charge is -2.34. The van der Waals surface area contributed by atoms with Gasteiger partial charge < -0.3 is 4.90 Å².